The molecular weight excluding hydrogens is 308 g/mol. The maximum Gasteiger partial charge on any atom is 0.219 e. The molecule has 24 heavy (non-hydrogen) atoms. The monoisotopic (exact) mass is 330 g/mol. The minimum Gasteiger partial charge on any atom is -0.508 e. The summed E-state index contributed by atoms with van der Waals surface area (Å²) in [5.74, 6) is -1.43. The SMILES string of the molecule is Oc1ccc(CC[C@H]2CC[C@H](O)[C@@](O)(c3ccc(O)cc3)O2)cc1. The van der Waals surface area contributed by atoms with Gasteiger partial charge in [-0.3, -0.25) is 0 Å². The lowest BCUT2D eigenvalue weighted by molar-refractivity contribution is -0.310. The molecule has 1 saturated heterocycles. The molecule has 1 aliphatic rings. The van der Waals surface area contributed by atoms with Crippen molar-refractivity contribution in [2.75, 3.05) is 0 Å². The zero-order chi connectivity index (χ0) is 17.2. The van der Waals surface area contributed by atoms with Crippen LogP contribution in [-0.2, 0) is 16.9 Å². The Labute approximate surface area is 140 Å². The first-order valence-corrected chi connectivity index (χ1v) is 8.13. The van der Waals surface area contributed by atoms with Crippen LogP contribution in [0.5, 0.6) is 11.5 Å². The summed E-state index contributed by atoms with van der Waals surface area (Å²) in [5.41, 5.74) is 1.51. The van der Waals surface area contributed by atoms with E-state index < -0.39 is 11.9 Å². The van der Waals surface area contributed by atoms with Crippen LogP contribution in [-0.4, -0.2) is 32.6 Å². The largest absolute Gasteiger partial charge is 0.508 e. The van der Waals surface area contributed by atoms with Crippen molar-refractivity contribution in [2.24, 2.45) is 0 Å². The molecule has 0 amide bonds. The lowest BCUT2D eigenvalue weighted by Crippen LogP contribution is -2.48. The van der Waals surface area contributed by atoms with Gasteiger partial charge in [-0.1, -0.05) is 12.1 Å². The molecule has 0 spiro atoms. The fourth-order valence-corrected chi connectivity index (χ4v) is 3.09. The third-order valence-corrected chi connectivity index (χ3v) is 4.53. The van der Waals surface area contributed by atoms with Crippen LogP contribution in [0.1, 0.15) is 30.4 Å². The number of rotatable bonds is 4. The van der Waals surface area contributed by atoms with E-state index in [4.69, 9.17) is 4.74 Å². The highest BCUT2D eigenvalue weighted by molar-refractivity contribution is 5.30. The standard InChI is InChI=1S/C19H22O5/c20-15-6-1-13(2-7-15)3-10-17-11-12-18(22)19(23,24-17)14-4-8-16(21)9-5-14/h1-2,4-9,17-18,20-23H,3,10-12H2/t17-,18-,19+/m0/s1. The Morgan fingerprint density at radius 3 is 2.12 bits per heavy atom. The number of hydrogen-bond donors (Lipinski definition) is 4. The van der Waals surface area contributed by atoms with Crippen molar-refractivity contribution in [3.8, 4) is 11.5 Å². The Kier molecular flexibility index (Phi) is 4.76. The minimum absolute atomic E-state index is 0.0940. The number of hydrogen-bond acceptors (Lipinski definition) is 5. The van der Waals surface area contributed by atoms with E-state index in [1.54, 1.807) is 24.3 Å². The Morgan fingerprint density at radius 1 is 0.917 bits per heavy atom. The molecule has 0 saturated carbocycles. The first-order chi connectivity index (χ1) is 11.5. The first kappa shape index (κ1) is 16.8. The van der Waals surface area contributed by atoms with Crippen molar-refractivity contribution >= 4 is 0 Å². The number of aliphatic hydroxyl groups excluding tert-OH is 1. The van der Waals surface area contributed by atoms with Gasteiger partial charge in [0, 0.05) is 5.56 Å². The Balaban J connectivity index is 1.68. The van der Waals surface area contributed by atoms with Crippen molar-refractivity contribution in [2.45, 2.75) is 43.7 Å². The van der Waals surface area contributed by atoms with Crippen LogP contribution in [0.15, 0.2) is 48.5 Å². The number of benzene rings is 2. The average Bonchev–Trinajstić information content (AvgIpc) is 2.58. The summed E-state index contributed by atoms with van der Waals surface area (Å²) in [6, 6.07) is 13.0. The first-order valence-electron chi connectivity index (χ1n) is 8.13. The highest BCUT2D eigenvalue weighted by atomic mass is 16.6. The van der Waals surface area contributed by atoms with Crippen molar-refractivity contribution in [1.29, 1.82) is 0 Å². The van der Waals surface area contributed by atoms with Crippen LogP contribution < -0.4 is 0 Å². The fraction of sp³-hybridized carbons (Fsp3) is 0.368. The van der Waals surface area contributed by atoms with Gasteiger partial charge in [-0.15, -0.1) is 0 Å². The second kappa shape index (κ2) is 6.81. The third kappa shape index (κ3) is 3.53. The van der Waals surface area contributed by atoms with E-state index in [0.717, 1.165) is 12.0 Å². The smallest absolute Gasteiger partial charge is 0.219 e. The van der Waals surface area contributed by atoms with E-state index in [-0.39, 0.29) is 17.6 Å². The van der Waals surface area contributed by atoms with E-state index in [9.17, 15) is 20.4 Å². The van der Waals surface area contributed by atoms with Crippen LogP contribution in [0.2, 0.25) is 0 Å². The van der Waals surface area contributed by atoms with Gasteiger partial charge in [-0.05, 0) is 67.6 Å². The lowest BCUT2D eigenvalue weighted by atomic mass is 9.90. The van der Waals surface area contributed by atoms with E-state index in [1.165, 1.54) is 12.1 Å². The van der Waals surface area contributed by atoms with Gasteiger partial charge < -0.3 is 25.2 Å². The number of aromatic hydroxyl groups is 2. The molecule has 4 N–H and O–H groups in total. The lowest BCUT2D eigenvalue weighted by Gasteiger charge is -2.41. The summed E-state index contributed by atoms with van der Waals surface area (Å²) in [6.07, 6.45) is 1.38. The van der Waals surface area contributed by atoms with Gasteiger partial charge in [0.05, 0.1) is 6.10 Å². The molecule has 3 atom stereocenters. The highest BCUT2D eigenvalue weighted by Gasteiger charge is 2.44. The molecular formula is C19H22O5. The minimum atomic E-state index is -1.76. The van der Waals surface area contributed by atoms with Gasteiger partial charge in [0.2, 0.25) is 5.79 Å². The molecule has 0 aliphatic carbocycles. The number of phenolic OH excluding ortho intramolecular Hbond substituents is 2. The van der Waals surface area contributed by atoms with Crippen LogP contribution >= 0.6 is 0 Å². The Morgan fingerprint density at radius 2 is 1.50 bits per heavy atom. The molecule has 0 aromatic heterocycles. The molecule has 128 valence electrons. The van der Waals surface area contributed by atoms with E-state index >= 15 is 0 Å². The normalized spacial score (nSPS) is 27.1. The number of phenols is 2. The highest BCUT2D eigenvalue weighted by Crippen LogP contribution is 2.37. The molecule has 0 unspecified atom stereocenters. The molecule has 5 heteroatoms. The molecule has 1 aliphatic heterocycles. The second-order valence-corrected chi connectivity index (χ2v) is 6.28. The summed E-state index contributed by atoms with van der Waals surface area (Å²) < 4.78 is 5.83. The predicted molar refractivity (Wildman–Crippen MR) is 88.5 cm³/mol. The molecule has 3 rings (SSSR count). The number of aliphatic hydroxyl groups is 2. The zero-order valence-corrected chi connectivity index (χ0v) is 13.3. The maximum absolute atomic E-state index is 10.8. The van der Waals surface area contributed by atoms with Crippen molar-refractivity contribution in [3.05, 3.63) is 59.7 Å². The van der Waals surface area contributed by atoms with Gasteiger partial charge in [0.15, 0.2) is 0 Å². The molecule has 1 fully saturated rings. The van der Waals surface area contributed by atoms with Gasteiger partial charge in [-0.2, -0.15) is 0 Å². The Hall–Kier alpha value is -2.08. The molecule has 5 nitrogen and oxygen atoms in total. The van der Waals surface area contributed by atoms with E-state index in [0.29, 0.717) is 24.8 Å². The summed E-state index contributed by atoms with van der Waals surface area (Å²) >= 11 is 0. The molecule has 2 aromatic rings. The van der Waals surface area contributed by atoms with Crippen LogP contribution in [0.3, 0.4) is 0 Å². The van der Waals surface area contributed by atoms with Crippen LogP contribution in [0.25, 0.3) is 0 Å². The van der Waals surface area contributed by atoms with Crippen molar-refractivity contribution in [3.63, 3.8) is 0 Å². The number of ether oxygens (including phenoxy) is 1. The summed E-state index contributed by atoms with van der Waals surface area (Å²) in [7, 11) is 0. The summed E-state index contributed by atoms with van der Waals surface area (Å²) in [5, 5.41) is 39.7. The van der Waals surface area contributed by atoms with Crippen molar-refractivity contribution < 1.29 is 25.2 Å². The summed E-state index contributed by atoms with van der Waals surface area (Å²) in [4.78, 5) is 0. The van der Waals surface area contributed by atoms with Gasteiger partial charge in [0.1, 0.15) is 17.6 Å². The number of aryl methyl sites for hydroxylation is 1. The Bertz CT molecular complexity index is 667. The van der Waals surface area contributed by atoms with Gasteiger partial charge in [-0.25, -0.2) is 0 Å². The third-order valence-electron chi connectivity index (χ3n) is 4.53. The second-order valence-electron chi connectivity index (χ2n) is 6.28. The van der Waals surface area contributed by atoms with Gasteiger partial charge in [0.25, 0.3) is 0 Å². The average molecular weight is 330 g/mol. The summed E-state index contributed by atoms with van der Waals surface area (Å²) in [6.45, 7) is 0. The maximum atomic E-state index is 10.8. The van der Waals surface area contributed by atoms with E-state index in [1.807, 2.05) is 12.1 Å². The molecule has 0 radical (unpaired) electrons. The van der Waals surface area contributed by atoms with Crippen LogP contribution in [0.4, 0.5) is 0 Å². The van der Waals surface area contributed by atoms with Crippen LogP contribution in [0, 0.1) is 0 Å². The topological polar surface area (TPSA) is 90.2 Å². The molecule has 0 bridgehead atoms. The van der Waals surface area contributed by atoms with Crippen molar-refractivity contribution in [1.82, 2.24) is 0 Å². The quantitative estimate of drug-likeness (QED) is 0.691. The molecule has 1 heterocycles. The molecule has 2 aromatic carbocycles. The fourth-order valence-electron chi connectivity index (χ4n) is 3.09. The van der Waals surface area contributed by atoms with Gasteiger partial charge >= 0.3 is 0 Å². The predicted octanol–water partition coefficient (Wildman–Crippen LogP) is 2.42. The van der Waals surface area contributed by atoms with E-state index in [2.05, 4.69) is 0 Å². The zero-order valence-electron chi connectivity index (χ0n) is 13.3.